The van der Waals surface area contributed by atoms with Crippen LogP contribution in [0.25, 0.3) is 0 Å². The molecule has 4 N–H and O–H groups in total. The number of aromatic nitrogens is 2. The van der Waals surface area contributed by atoms with Gasteiger partial charge in [0.1, 0.15) is 12.4 Å². The number of nitrogens with zero attached hydrogens (tertiary/aromatic N) is 2. The molecule has 3 rings (SSSR count). The lowest BCUT2D eigenvalue weighted by Crippen LogP contribution is -2.12. The Labute approximate surface area is 201 Å². The van der Waals surface area contributed by atoms with Gasteiger partial charge in [0.2, 0.25) is 16.0 Å². The van der Waals surface area contributed by atoms with Crippen molar-refractivity contribution < 1.29 is 17.9 Å². The van der Waals surface area contributed by atoms with E-state index < -0.39 is 10.0 Å². The van der Waals surface area contributed by atoms with Gasteiger partial charge >= 0.3 is 5.97 Å². The SMILES string of the molecule is NS(=O)(=O)c1ccc(Nc2ncc(Br)c(NCCCCC(=O)OCc3ccccc3)n2)cc1. The summed E-state index contributed by atoms with van der Waals surface area (Å²) in [5.74, 6) is 0.718. The molecule has 0 bridgehead atoms. The number of sulfonamides is 1. The Balaban J connectivity index is 1.43. The molecule has 174 valence electrons. The van der Waals surface area contributed by atoms with E-state index in [1.165, 1.54) is 12.1 Å². The Morgan fingerprint density at radius 3 is 2.48 bits per heavy atom. The minimum absolute atomic E-state index is 0.0241. The van der Waals surface area contributed by atoms with Crippen LogP contribution >= 0.6 is 15.9 Å². The van der Waals surface area contributed by atoms with Gasteiger partial charge in [-0.3, -0.25) is 4.79 Å². The average molecular weight is 534 g/mol. The molecule has 0 radical (unpaired) electrons. The Morgan fingerprint density at radius 2 is 1.79 bits per heavy atom. The van der Waals surface area contributed by atoms with Gasteiger partial charge in [-0.2, -0.15) is 4.98 Å². The summed E-state index contributed by atoms with van der Waals surface area (Å²) in [5.41, 5.74) is 1.58. The fourth-order valence-corrected chi connectivity index (χ4v) is 3.67. The minimum Gasteiger partial charge on any atom is -0.461 e. The maximum absolute atomic E-state index is 11.9. The number of ether oxygens (including phenoxy) is 1. The third-order valence-electron chi connectivity index (χ3n) is 4.53. The van der Waals surface area contributed by atoms with Crippen molar-refractivity contribution in [1.82, 2.24) is 9.97 Å². The summed E-state index contributed by atoms with van der Waals surface area (Å²) in [6.07, 6.45) is 3.40. The van der Waals surface area contributed by atoms with Gasteiger partial charge in [0.05, 0.1) is 9.37 Å². The molecule has 0 saturated heterocycles. The zero-order valence-electron chi connectivity index (χ0n) is 17.7. The molecule has 0 spiro atoms. The van der Waals surface area contributed by atoms with Gasteiger partial charge in [-0.25, -0.2) is 18.5 Å². The molecule has 0 aliphatic carbocycles. The van der Waals surface area contributed by atoms with Gasteiger partial charge in [0, 0.05) is 24.8 Å². The first-order valence-corrected chi connectivity index (χ1v) is 12.5. The van der Waals surface area contributed by atoms with Crippen LogP contribution in [0.5, 0.6) is 0 Å². The number of anilines is 3. The number of nitrogens with one attached hydrogen (secondary N) is 2. The molecule has 2 aromatic carbocycles. The van der Waals surface area contributed by atoms with E-state index in [4.69, 9.17) is 9.88 Å². The van der Waals surface area contributed by atoms with Gasteiger partial charge in [-0.15, -0.1) is 0 Å². The number of halogens is 1. The van der Waals surface area contributed by atoms with E-state index in [0.29, 0.717) is 41.3 Å². The number of carbonyl (C=O) groups excluding carboxylic acids is 1. The maximum Gasteiger partial charge on any atom is 0.306 e. The second-order valence-electron chi connectivity index (χ2n) is 7.11. The number of rotatable bonds is 11. The van der Waals surface area contributed by atoms with E-state index in [0.717, 1.165) is 12.0 Å². The highest BCUT2D eigenvalue weighted by Gasteiger charge is 2.09. The Hall–Kier alpha value is -3.02. The lowest BCUT2D eigenvalue weighted by Gasteiger charge is -2.10. The van der Waals surface area contributed by atoms with E-state index in [-0.39, 0.29) is 17.5 Å². The molecular weight excluding hydrogens is 510 g/mol. The summed E-state index contributed by atoms with van der Waals surface area (Å²) in [6, 6.07) is 15.5. The van der Waals surface area contributed by atoms with Gasteiger partial charge < -0.3 is 15.4 Å². The van der Waals surface area contributed by atoms with E-state index in [1.54, 1.807) is 18.3 Å². The van der Waals surface area contributed by atoms with Gasteiger partial charge in [-0.1, -0.05) is 30.3 Å². The topological polar surface area (TPSA) is 136 Å². The molecule has 3 aromatic rings. The molecule has 11 heteroatoms. The van der Waals surface area contributed by atoms with Crippen molar-refractivity contribution in [3.05, 3.63) is 70.8 Å². The third kappa shape index (κ3) is 8.12. The fourth-order valence-electron chi connectivity index (χ4n) is 2.82. The first kappa shape index (κ1) is 24.6. The normalized spacial score (nSPS) is 11.1. The lowest BCUT2D eigenvalue weighted by atomic mass is 10.2. The standard InChI is InChI=1S/C22H24BrN5O4S/c23-19-14-26-22(27-17-9-11-18(12-10-17)33(24,30)31)28-21(19)25-13-5-4-8-20(29)32-15-16-6-2-1-3-7-16/h1-3,6-7,9-12,14H,4-5,8,13,15H2,(H2,24,30,31)(H2,25,26,27,28). The van der Waals surface area contributed by atoms with Crippen LogP contribution < -0.4 is 15.8 Å². The second kappa shape index (κ2) is 11.7. The summed E-state index contributed by atoms with van der Waals surface area (Å²) in [4.78, 5) is 20.5. The molecule has 0 saturated carbocycles. The van der Waals surface area contributed by atoms with Crippen LogP contribution in [0.2, 0.25) is 0 Å². The first-order valence-electron chi connectivity index (χ1n) is 10.2. The number of esters is 1. The zero-order valence-corrected chi connectivity index (χ0v) is 20.1. The Bertz CT molecular complexity index is 1180. The highest BCUT2D eigenvalue weighted by atomic mass is 79.9. The van der Waals surface area contributed by atoms with Gasteiger partial charge in [0.15, 0.2) is 0 Å². The van der Waals surface area contributed by atoms with Crippen molar-refractivity contribution in [3.63, 3.8) is 0 Å². The molecule has 1 aromatic heterocycles. The quantitative estimate of drug-likeness (QED) is 0.249. The Morgan fingerprint density at radius 1 is 1.06 bits per heavy atom. The van der Waals surface area contributed by atoms with Crippen LogP contribution in [0.4, 0.5) is 17.5 Å². The number of hydrogen-bond acceptors (Lipinski definition) is 8. The maximum atomic E-state index is 11.9. The zero-order chi connectivity index (χ0) is 23.7. The van der Waals surface area contributed by atoms with E-state index in [1.807, 2.05) is 30.3 Å². The largest absolute Gasteiger partial charge is 0.461 e. The van der Waals surface area contributed by atoms with E-state index in [9.17, 15) is 13.2 Å². The van der Waals surface area contributed by atoms with Crippen molar-refractivity contribution >= 4 is 49.4 Å². The number of nitrogens with two attached hydrogens (primary N) is 1. The number of benzene rings is 2. The first-order chi connectivity index (χ1) is 15.8. The number of unbranched alkanes of at least 4 members (excludes halogenated alkanes) is 1. The fraction of sp³-hybridized carbons (Fsp3) is 0.227. The Kier molecular flexibility index (Phi) is 8.75. The third-order valence-corrected chi connectivity index (χ3v) is 6.04. The van der Waals surface area contributed by atoms with Crippen LogP contribution in [0, 0.1) is 0 Å². The van der Waals surface area contributed by atoms with Gasteiger partial charge in [-0.05, 0) is 58.6 Å². The summed E-state index contributed by atoms with van der Waals surface area (Å²) in [7, 11) is -3.75. The molecule has 0 aliphatic heterocycles. The van der Waals surface area contributed by atoms with E-state index >= 15 is 0 Å². The van der Waals surface area contributed by atoms with E-state index in [2.05, 4.69) is 36.5 Å². The molecular formula is C22H24BrN5O4S. The van der Waals surface area contributed by atoms with Crippen molar-refractivity contribution in [1.29, 1.82) is 0 Å². The number of primary sulfonamides is 1. The average Bonchev–Trinajstić information content (AvgIpc) is 2.80. The molecule has 0 fully saturated rings. The smallest absolute Gasteiger partial charge is 0.306 e. The van der Waals surface area contributed by atoms with Crippen LogP contribution in [-0.2, 0) is 26.2 Å². The van der Waals surface area contributed by atoms with Crippen LogP contribution in [0.15, 0.2) is 70.2 Å². The molecule has 0 aliphatic rings. The minimum atomic E-state index is -3.75. The van der Waals surface area contributed by atoms with Crippen molar-refractivity contribution in [2.75, 3.05) is 17.2 Å². The summed E-state index contributed by atoms with van der Waals surface area (Å²) >= 11 is 3.41. The molecule has 0 amide bonds. The summed E-state index contributed by atoms with van der Waals surface area (Å²) in [6.45, 7) is 0.899. The van der Waals surface area contributed by atoms with Crippen LogP contribution in [0.1, 0.15) is 24.8 Å². The predicted octanol–water partition coefficient (Wildman–Crippen LogP) is 3.96. The number of hydrogen-bond donors (Lipinski definition) is 3. The van der Waals surface area contributed by atoms with Crippen molar-refractivity contribution in [2.45, 2.75) is 30.8 Å². The monoisotopic (exact) mass is 533 g/mol. The highest BCUT2D eigenvalue weighted by Crippen LogP contribution is 2.22. The lowest BCUT2D eigenvalue weighted by molar-refractivity contribution is -0.145. The van der Waals surface area contributed by atoms with Crippen molar-refractivity contribution in [3.8, 4) is 0 Å². The molecule has 9 nitrogen and oxygen atoms in total. The second-order valence-corrected chi connectivity index (χ2v) is 9.53. The summed E-state index contributed by atoms with van der Waals surface area (Å²) < 4.78 is 28.7. The highest BCUT2D eigenvalue weighted by molar-refractivity contribution is 9.10. The van der Waals surface area contributed by atoms with Crippen LogP contribution in [-0.4, -0.2) is 30.9 Å². The predicted molar refractivity (Wildman–Crippen MR) is 129 cm³/mol. The number of carbonyl (C=O) groups is 1. The molecule has 33 heavy (non-hydrogen) atoms. The molecule has 0 unspecified atom stereocenters. The molecule has 1 heterocycles. The van der Waals surface area contributed by atoms with Crippen LogP contribution in [0.3, 0.4) is 0 Å². The molecule has 0 atom stereocenters. The van der Waals surface area contributed by atoms with Crippen molar-refractivity contribution in [2.24, 2.45) is 5.14 Å². The van der Waals surface area contributed by atoms with Gasteiger partial charge in [0.25, 0.3) is 0 Å². The summed E-state index contributed by atoms with van der Waals surface area (Å²) in [5, 5.41) is 11.3.